The minimum absolute atomic E-state index is 0.604. The van der Waals surface area contributed by atoms with Gasteiger partial charge in [-0.2, -0.15) is 10.5 Å². The van der Waals surface area contributed by atoms with Crippen molar-refractivity contribution in [2.45, 2.75) is 0 Å². The van der Waals surface area contributed by atoms with E-state index in [1.165, 1.54) is 6.20 Å². The van der Waals surface area contributed by atoms with E-state index in [4.69, 9.17) is 10.5 Å². The summed E-state index contributed by atoms with van der Waals surface area (Å²) in [6, 6.07) is 10.7. The molecule has 0 aliphatic heterocycles. The highest BCUT2D eigenvalue weighted by Gasteiger charge is 1.81. The first-order valence-electron chi connectivity index (χ1n) is 4.47. The molecular formula is C12H8N4. The summed E-state index contributed by atoms with van der Waals surface area (Å²) in [6.45, 7) is 0. The van der Waals surface area contributed by atoms with Crippen LogP contribution in [0, 0.1) is 22.7 Å². The molecular weight excluding hydrogens is 200 g/mol. The fraction of sp³-hybridized carbons (Fsp3) is 0. The van der Waals surface area contributed by atoms with E-state index in [-0.39, 0.29) is 0 Å². The van der Waals surface area contributed by atoms with E-state index in [1.807, 2.05) is 12.1 Å². The van der Waals surface area contributed by atoms with Crippen LogP contribution in [0.25, 0.3) is 0 Å². The van der Waals surface area contributed by atoms with Gasteiger partial charge in [-0.15, -0.1) is 0 Å². The van der Waals surface area contributed by atoms with Gasteiger partial charge in [0, 0.05) is 24.8 Å². The quantitative estimate of drug-likeness (QED) is 0.662. The average molecular weight is 208 g/mol. The molecule has 0 saturated carbocycles. The Kier molecular flexibility index (Phi) is 4.75. The first-order chi connectivity index (χ1) is 7.86. The van der Waals surface area contributed by atoms with Gasteiger partial charge in [0.2, 0.25) is 0 Å². The van der Waals surface area contributed by atoms with Gasteiger partial charge < -0.3 is 0 Å². The molecule has 0 saturated heterocycles. The second-order valence-corrected chi connectivity index (χ2v) is 2.70. The molecule has 0 atom stereocenters. The van der Waals surface area contributed by atoms with Gasteiger partial charge >= 0.3 is 0 Å². The number of hydrogen-bond donors (Lipinski definition) is 0. The smallest absolute Gasteiger partial charge is 0.101 e. The Balaban J connectivity index is 0.000000160. The maximum Gasteiger partial charge on any atom is 0.101 e. The molecule has 4 nitrogen and oxygen atoms in total. The third-order valence-electron chi connectivity index (χ3n) is 1.60. The van der Waals surface area contributed by atoms with Crippen LogP contribution in [-0.4, -0.2) is 9.97 Å². The largest absolute Gasteiger partial charge is 0.265 e. The van der Waals surface area contributed by atoms with Crippen molar-refractivity contribution < 1.29 is 0 Å². The van der Waals surface area contributed by atoms with Crippen molar-refractivity contribution in [3.8, 4) is 12.1 Å². The molecule has 0 radical (unpaired) electrons. The van der Waals surface area contributed by atoms with Crippen molar-refractivity contribution >= 4 is 0 Å². The zero-order valence-electron chi connectivity index (χ0n) is 8.41. The maximum atomic E-state index is 8.26. The van der Waals surface area contributed by atoms with E-state index in [2.05, 4.69) is 9.97 Å². The van der Waals surface area contributed by atoms with Crippen LogP contribution in [0.2, 0.25) is 0 Å². The maximum absolute atomic E-state index is 8.26. The molecule has 0 N–H and O–H groups in total. The summed E-state index contributed by atoms with van der Waals surface area (Å²) in [5, 5.41) is 16.5. The van der Waals surface area contributed by atoms with Gasteiger partial charge in [-0.1, -0.05) is 0 Å². The molecule has 0 bridgehead atoms. The highest BCUT2D eigenvalue weighted by Crippen LogP contribution is 1.90. The van der Waals surface area contributed by atoms with E-state index in [0.29, 0.717) is 11.1 Å². The number of nitrogens with zero attached hydrogens (tertiary/aromatic N) is 4. The molecule has 2 heterocycles. The molecule has 16 heavy (non-hydrogen) atoms. The highest BCUT2D eigenvalue weighted by molar-refractivity contribution is 5.24. The van der Waals surface area contributed by atoms with Gasteiger partial charge in [0.15, 0.2) is 0 Å². The summed E-state index contributed by atoms with van der Waals surface area (Å²) in [5.41, 5.74) is 1.26. The zero-order valence-corrected chi connectivity index (χ0v) is 8.41. The third kappa shape index (κ3) is 3.99. The van der Waals surface area contributed by atoms with Crippen LogP contribution < -0.4 is 0 Å². The molecule has 76 valence electrons. The molecule has 0 aliphatic carbocycles. The molecule has 2 aromatic heterocycles. The molecule has 0 amide bonds. The molecule has 0 unspecified atom stereocenters. The van der Waals surface area contributed by atoms with Gasteiger partial charge in [-0.3, -0.25) is 9.97 Å². The van der Waals surface area contributed by atoms with E-state index in [1.54, 1.807) is 42.9 Å². The van der Waals surface area contributed by atoms with Crippen LogP contribution in [0.3, 0.4) is 0 Å². The van der Waals surface area contributed by atoms with Crippen LogP contribution in [0.4, 0.5) is 0 Å². The predicted octanol–water partition coefficient (Wildman–Crippen LogP) is 1.91. The monoisotopic (exact) mass is 208 g/mol. The van der Waals surface area contributed by atoms with Crippen molar-refractivity contribution in [1.29, 1.82) is 10.5 Å². The van der Waals surface area contributed by atoms with E-state index in [9.17, 15) is 0 Å². The molecule has 0 spiro atoms. The highest BCUT2D eigenvalue weighted by atomic mass is 14.6. The van der Waals surface area contributed by atoms with E-state index in [0.717, 1.165) is 0 Å². The third-order valence-corrected chi connectivity index (χ3v) is 1.60. The standard InChI is InChI=1S/2C6H4N2/c7-5-6-1-3-8-4-2-6;7-4-6-2-1-3-8-5-6/h1-4H;1-3,5H. The number of aromatic nitrogens is 2. The fourth-order valence-electron chi connectivity index (χ4n) is 0.855. The minimum atomic E-state index is 0.604. The Morgan fingerprint density at radius 1 is 0.812 bits per heavy atom. The normalized spacial score (nSPS) is 7.88. The average Bonchev–Trinajstić information content (AvgIpc) is 2.41. The summed E-state index contributed by atoms with van der Waals surface area (Å²) in [7, 11) is 0. The van der Waals surface area contributed by atoms with Crippen LogP contribution in [0.1, 0.15) is 11.1 Å². The SMILES string of the molecule is N#Cc1cccnc1.N#Cc1ccncc1. The fourth-order valence-corrected chi connectivity index (χ4v) is 0.855. The molecule has 0 aromatic carbocycles. The Morgan fingerprint density at radius 3 is 1.88 bits per heavy atom. The number of hydrogen-bond acceptors (Lipinski definition) is 4. The summed E-state index contributed by atoms with van der Waals surface area (Å²) >= 11 is 0. The van der Waals surface area contributed by atoms with Crippen molar-refractivity contribution in [2.24, 2.45) is 0 Å². The van der Waals surface area contributed by atoms with Crippen LogP contribution >= 0.6 is 0 Å². The van der Waals surface area contributed by atoms with E-state index < -0.39 is 0 Å². The summed E-state index contributed by atoms with van der Waals surface area (Å²) in [4.78, 5) is 7.48. The number of rotatable bonds is 0. The lowest BCUT2D eigenvalue weighted by molar-refractivity contribution is 1.30. The van der Waals surface area contributed by atoms with Crippen molar-refractivity contribution in [3.63, 3.8) is 0 Å². The first-order valence-corrected chi connectivity index (χ1v) is 4.47. The van der Waals surface area contributed by atoms with Crippen molar-refractivity contribution in [3.05, 3.63) is 60.2 Å². The van der Waals surface area contributed by atoms with Crippen molar-refractivity contribution in [1.82, 2.24) is 9.97 Å². The van der Waals surface area contributed by atoms with Gasteiger partial charge in [0.25, 0.3) is 0 Å². The van der Waals surface area contributed by atoms with Crippen LogP contribution in [0.5, 0.6) is 0 Å². The zero-order chi connectivity index (χ0) is 11.6. The molecule has 0 aliphatic rings. The lowest BCUT2D eigenvalue weighted by Crippen LogP contribution is -1.72. The van der Waals surface area contributed by atoms with Gasteiger partial charge in [0.1, 0.15) is 6.07 Å². The Labute approximate surface area is 93.4 Å². The molecule has 4 heteroatoms. The Morgan fingerprint density at radius 2 is 1.50 bits per heavy atom. The van der Waals surface area contributed by atoms with Gasteiger partial charge in [-0.05, 0) is 24.3 Å². The van der Waals surface area contributed by atoms with E-state index >= 15 is 0 Å². The number of pyridine rings is 2. The van der Waals surface area contributed by atoms with Crippen LogP contribution in [-0.2, 0) is 0 Å². The lowest BCUT2D eigenvalue weighted by Gasteiger charge is -1.79. The number of nitriles is 2. The minimum Gasteiger partial charge on any atom is -0.265 e. The predicted molar refractivity (Wildman–Crippen MR) is 57.9 cm³/mol. The molecule has 2 rings (SSSR count). The van der Waals surface area contributed by atoms with Crippen LogP contribution in [0.15, 0.2) is 49.1 Å². The summed E-state index contributed by atoms with van der Waals surface area (Å²) < 4.78 is 0. The van der Waals surface area contributed by atoms with Crippen molar-refractivity contribution in [2.75, 3.05) is 0 Å². The second-order valence-electron chi connectivity index (χ2n) is 2.70. The first kappa shape index (κ1) is 11.4. The Hall–Kier alpha value is -2.72. The summed E-state index contributed by atoms with van der Waals surface area (Å²) in [5.74, 6) is 0. The summed E-state index contributed by atoms with van der Waals surface area (Å²) in [6.07, 6.45) is 6.36. The second kappa shape index (κ2) is 6.69. The lowest BCUT2D eigenvalue weighted by atomic mass is 10.3. The topological polar surface area (TPSA) is 73.4 Å². The molecule has 0 fully saturated rings. The Bertz CT molecular complexity index is 445. The van der Waals surface area contributed by atoms with Gasteiger partial charge in [-0.25, -0.2) is 0 Å². The molecule has 2 aromatic rings. The van der Waals surface area contributed by atoms with Gasteiger partial charge in [0.05, 0.1) is 17.2 Å².